The number of hydrogen-bond donors (Lipinski definition) is 1. The molecule has 1 fully saturated rings. The maximum atomic E-state index is 12.5. The monoisotopic (exact) mass is 375 g/mol. The molecule has 0 saturated carbocycles. The molecule has 1 N–H and O–H groups in total. The van der Waals surface area contributed by atoms with Gasteiger partial charge in [-0.1, -0.05) is 0 Å². The van der Waals surface area contributed by atoms with Crippen molar-refractivity contribution in [2.75, 3.05) is 31.6 Å². The molecule has 6 nitrogen and oxygen atoms in total. The van der Waals surface area contributed by atoms with Gasteiger partial charge in [0.2, 0.25) is 10.0 Å². The van der Waals surface area contributed by atoms with Gasteiger partial charge in [0.05, 0.1) is 23.9 Å². The van der Waals surface area contributed by atoms with Crippen molar-refractivity contribution in [2.45, 2.75) is 24.7 Å². The molecule has 0 spiro atoms. The van der Waals surface area contributed by atoms with Gasteiger partial charge in [0.15, 0.2) is 0 Å². The summed E-state index contributed by atoms with van der Waals surface area (Å²) >= 11 is 0. The average Bonchev–Trinajstić information content (AvgIpc) is 2.67. The molecule has 1 aromatic carbocycles. The van der Waals surface area contributed by atoms with E-state index in [2.05, 4.69) is 20.7 Å². The van der Waals surface area contributed by atoms with Crippen LogP contribution in [0.15, 0.2) is 47.6 Å². The number of anilines is 1. The van der Waals surface area contributed by atoms with Crippen molar-refractivity contribution in [2.24, 2.45) is 5.92 Å². The van der Waals surface area contributed by atoms with Crippen molar-refractivity contribution in [3.63, 3.8) is 0 Å². The summed E-state index contributed by atoms with van der Waals surface area (Å²) < 4.78 is 33.0. The van der Waals surface area contributed by atoms with Crippen molar-refractivity contribution >= 4 is 15.7 Å². The van der Waals surface area contributed by atoms with Crippen LogP contribution in [0.25, 0.3) is 0 Å². The fourth-order valence-corrected chi connectivity index (χ4v) is 4.47. The number of pyridine rings is 1. The van der Waals surface area contributed by atoms with Gasteiger partial charge in [-0.25, -0.2) is 13.1 Å². The summed E-state index contributed by atoms with van der Waals surface area (Å²) in [5.74, 6) is 1.03. The SMILES string of the molecule is COc1ccc(S(=O)(=O)NCC2CCN(c3cccnc3)CC2)cc1C. The second-order valence-corrected chi connectivity index (χ2v) is 8.39. The Morgan fingerprint density at radius 2 is 2.04 bits per heavy atom. The van der Waals surface area contributed by atoms with Crippen LogP contribution in [0.3, 0.4) is 0 Å². The highest BCUT2D eigenvalue weighted by Gasteiger charge is 2.22. The molecule has 1 aliphatic heterocycles. The quantitative estimate of drug-likeness (QED) is 0.840. The number of nitrogens with zero attached hydrogens (tertiary/aromatic N) is 2. The predicted octanol–water partition coefficient (Wildman–Crippen LogP) is 2.59. The molecule has 3 rings (SSSR count). The Kier molecular flexibility index (Phi) is 5.78. The van der Waals surface area contributed by atoms with Crippen LogP contribution in [-0.2, 0) is 10.0 Å². The normalized spacial score (nSPS) is 15.8. The van der Waals surface area contributed by atoms with Crippen LogP contribution < -0.4 is 14.4 Å². The van der Waals surface area contributed by atoms with Gasteiger partial charge in [-0.3, -0.25) is 4.98 Å². The molecule has 0 amide bonds. The molecule has 0 radical (unpaired) electrons. The van der Waals surface area contributed by atoms with Crippen LogP contribution in [0, 0.1) is 12.8 Å². The van der Waals surface area contributed by atoms with Gasteiger partial charge >= 0.3 is 0 Å². The third kappa shape index (κ3) is 4.34. The highest BCUT2D eigenvalue weighted by molar-refractivity contribution is 7.89. The van der Waals surface area contributed by atoms with Crippen LogP contribution in [0.1, 0.15) is 18.4 Å². The molecule has 0 aliphatic carbocycles. The van der Waals surface area contributed by atoms with Gasteiger partial charge in [-0.2, -0.15) is 0 Å². The standard InChI is InChI=1S/C19H25N3O3S/c1-15-12-18(5-6-19(15)25-2)26(23,24)21-13-16-7-10-22(11-8-16)17-4-3-9-20-14-17/h3-6,9,12,14,16,21H,7-8,10-11,13H2,1-2H3. The van der Waals surface area contributed by atoms with E-state index < -0.39 is 10.0 Å². The summed E-state index contributed by atoms with van der Waals surface area (Å²) in [4.78, 5) is 6.74. The van der Waals surface area contributed by atoms with E-state index in [0.29, 0.717) is 18.2 Å². The maximum absolute atomic E-state index is 12.5. The van der Waals surface area contributed by atoms with Crippen molar-refractivity contribution < 1.29 is 13.2 Å². The van der Waals surface area contributed by atoms with Crippen LogP contribution in [0.2, 0.25) is 0 Å². The number of ether oxygens (including phenoxy) is 1. The van der Waals surface area contributed by atoms with Gasteiger partial charge in [0, 0.05) is 25.8 Å². The van der Waals surface area contributed by atoms with E-state index in [1.807, 2.05) is 19.2 Å². The highest BCUT2D eigenvalue weighted by Crippen LogP contribution is 2.24. The molecule has 1 aliphatic rings. The second-order valence-electron chi connectivity index (χ2n) is 6.62. The summed E-state index contributed by atoms with van der Waals surface area (Å²) in [7, 11) is -1.93. The smallest absolute Gasteiger partial charge is 0.240 e. The number of nitrogens with one attached hydrogen (secondary N) is 1. The van der Waals surface area contributed by atoms with E-state index in [9.17, 15) is 8.42 Å². The first kappa shape index (κ1) is 18.7. The summed E-state index contributed by atoms with van der Waals surface area (Å²) in [5, 5.41) is 0. The van der Waals surface area contributed by atoms with Gasteiger partial charge in [-0.05, 0) is 61.6 Å². The predicted molar refractivity (Wildman–Crippen MR) is 102 cm³/mol. The van der Waals surface area contributed by atoms with Crippen molar-refractivity contribution in [1.29, 1.82) is 0 Å². The first-order chi connectivity index (χ1) is 12.5. The fourth-order valence-electron chi connectivity index (χ4n) is 3.27. The van der Waals surface area contributed by atoms with Gasteiger partial charge < -0.3 is 9.64 Å². The number of benzene rings is 1. The molecule has 0 unspecified atom stereocenters. The molecule has 2 aromatic rings. The van der Waals surface area contributed by atoms with Crippen molar-refractivity contribution in [1.82, 2.24) is 9.71 Å². The number of rotatable bonds is 6. The molecule has 1 aromatic heterocycles. The van der Waals surface area contributed by atoms with Crippen LogP contribution in [0.5, 0.6) is 5.75 Å². The lowest BCUT2D eigenvalue weighted by Crippen LogP contribution is -2.38. The van der Waals surface area contributed by atoms with E-state index in [4.69, 9.17) is 4.74 Å². The van der Waals surface area contributed by atoms with E-state index >= 15 is 0 Å². The lowest BCUT2D eigenvalue weighted by atomic mass is 9.97. The van der Waals surface area contributed by atoms with E-state index in [1.54, 1.807) is 31.5 Å². The van der Waals surface area contributed by atoms with Crippen molar-refractivity contribution in [3.05, 3.63) is 48.3 Å². The minimum absolute atomic E-state index is 0.281. The summed E-state index contributed by atoms with van der Waals surface area (Å²) in [6.45, 7) is 4.14. The lowest BCUT2D eigenvalue weighted by molar-refractivity contribution is 0.401. The Labute approximate surface area is 155 Å². The Hall–Kier alpha value is -2.12. The highest BCUT2D eigenvalue weighted by atomic mass is 32.2. The van der Waals surface area contributed by atoms with Gasteiger partial charge in [0.25, 0.3) is 0 Å². The summed E-state index contributed by atoms with van der Waals surface area (Å²) in [5.41, 5.74) is 1.93. The Morgan fingerprint density at radius 1 is 1.27 bits per heavy atom. The van der Waals surface area contributed by atoms with Crippen molar-refractivity contribution in [3.8, 4) is 5.75 Å². The van der Waals surface area contributed by atoms with Gasteiger partial charge in [-0.15, -0.1) is 0 Å². The lowest BCUT2D eigenvalue weighted by Gasteiger charge is -2.33. The molecule has 2 heterocycles. The fraction of sp³-hybridized carbons (Fsp3) is 0.421. The van der Waals surface area contributed by atoms with Crippen LogP contribution >= 0.6 is 0 Å². The zero-order chi connectivity index (χ0) is 18.6. The minimum Gasteiger partial charge on any atom is -0.496 e. The van der Waals surface area contributed by atoms with Crippen LogP contribution in [0.4, 0.5) is 5.69 Å². The number of methoxy groups -OCH3 is 1. The van der Waals surface area contributed by atoms with E-state index in [0.717, 1.165) is 37.2 Å². The molecular weight excluding hydrogens is 350 g/mol. The number of piperidine rings is 1. The summed E-state index contributed by atoms with van der Waals surface area (Å²) in [6, 6.07) is 8.91. The number of hydrogen-bond acceptors (Lipinski definition) is 5. The molecular formula is C19H25N3O3S. The van der Waals surface area contributed by atoms with E-state index in [-0.39, 0.29) is 4.90 Å². The summed E-state index contributed by atoms with van der Waals surface area (Å²) in [6.07, 6.45) is 5.55. The average molecular weight is 375 g/mol. The Morgan fingerprint density at radius 3 is 2.65 bits per heavy atom. The third-order valence-electron chi connectivity index (χ3n) is 4.86. The zero-order valence-corrected chi connectivity index (χ0v) is 16.0. The van der Waals surface area contributed by atoms with Gasteiger partial charge in [0.1, 0.15) is 5.75 Å². The molecule has 1 saturated heterocycles. The molecule has 0 atom stereocenters. The molecule has 26 heavy (non-hydrogen) atoms. The van der Waals surface area contributed by atoms with Crippen LogP contribution in [-0.4, -0.2) is 40.1 Å². The minimum atomic E-state index is -3.50. The maximum Gasteiger partial charge on any atom is 0.240 e. The molecule has 140 valence electrons. The molecule has 0 bridgehead atoms. The topological polar surface area (TPSA) is 71.5 Å². The second kappa shape index (κ2) is 8.05. The Bertz CT molecular complexity index is 832. The number of sulfonamides is 1. The number of aryl methyl sites for hydroxylation is 1. The zero-order valence-electron chi connectivity index (χ0n) is 15.2. The first-order valence-corrected chi connectivity index (χ1v) is 10.3. The third-order valence-corrected chi connectivity index (χ3v) is 6.29. The first-order valence-electron chi connectivity index (χ1n) is 8.79. The number of aromatic nitrogens is 1. The Balaban J connectivity index is 1.55. The largest absolute Gasteiger partial charge is 0.496 e. The van der Waals surface area contributed by atoms with E-state index in [1.165, 1.54) is 0 Å². The molecule has 7 heteroatoms.